The number of rotatable bonds is 5. The molecule has 1 rings (SSSR count). The SMILES string of the molecule is CC(C)(C)CC(O)CNS(=O)(=O)c1cccnc1N. The molecule has 4 N–H and O–H groups in total. The van der Waals surface area contributed by atoms with Gasteiger partial charge in [0.2, 0.25) is 10.0 Å². The Labute approximate surface area is 114 Å². The van der Waals surface area contributed by atoms with Crippen molar-refractivity contribution in [3.8, 4) is 0 Å². The van der Waals surface area contributed by atoms with Crippen LogP contribution in [0.5, 0.6) is 0 Å². The Morgan fingerprint density at radius 2 is 2.11 bits per heavy atom. The fourth-order valence-electron chi connectivity index (χ4n) is 1.69. The zero-order valence-electron chi connectivity index (χ0n) is 11.4. The maximum absolute atomic E-state index is 12.0. The van der Waals surface area contributed by atoms with Crippen LogP contribution in [0.25, 0.3) is 0 Å². The molecule has 1 aromatic rings. The third-order valence-corrected chi connectivity index (χ3v) is 3.92. The number of aliphatic hydroxyl groups excluding tert-OH is 1. The van der Waals surface area contributed by atoms with Gasteiger partial charge in [-0.2, -0.15) is 0 Å². The minimum Gasteiger partial charge on any atom is -0.392 e. The van der Waals surface area contributed by atoms with Gasteiger partial charge in [0.15, 0.2) is 0 Å². The Hall–Kier alpha value is -1.18. The van der Waals surface area contributed by atoms with Gasteiger partial charge in [-0.3, -0.25) is 0 Å². The molecule has 1 unspecified atom stereocenters. The van der Waals surface area contributed by atoms with E-state index < -0.39 is 16.1 Å². The summed E-state index contributed by atoms with van der Waals surface area (Å²) in [4.78, 5) is 3.66. The fourth-order valence-corrected chi connectivity index (χ4v) is 2.85. The minimum absolute atomic E-state index is 0.0477. The zero-order valence-corrected chi connectivity index (χ0v) is 12.2. The van der Waals surface area contributed by atoms with E-state index in [0.29, 0.717) is 6.42 Å². The maximum Gasteiger partial charge on any atom is 0.244 e. The highest BCUT2D eigenvalue weighted by Crippen LogP contribution is 2.21. The summed E-state index contributed by atoms with van der Waals surface area (Å²) in [6, 6.07) is 2.87. The van der Waals surface area contributed by atoms with E-state index in [9.17, 15) is 13.5 Å². The lowest BCUT2D eigenvalue weighted by atomic mass is 9.89. The molecule has 0 amide bonds. The second-order valence-corrected chi connectivity index (χ2v) is 7.39. The van der Waals surface area contributed by atoms with Crippen LogP contribution in [0.4, 0.5) is 5.82 Å². The summed E-state index contributed by atoms with van der Waals surface area (Å²) in [5.74, 6) is -0.0553. The van der Waals surface area contributed by atoms with E-state index >= 15 is 0 Å². The Bertz CT molecular complexity index is 523. The maximum atomic E-state index is 12.0. The molecular formula is C12H21N3O3S. The van der Waals surface area contributed by atoms with Crippen LogP contribution >= 0.6 is 0 Å². The quantitative estimate of drug-likeness (QED) is 0.740. The molecule has 1 heterocycles. The lowest BCUT2D eigenvalue weighted by molar-refractivity contribution is 0.125. The number of anilines is 1. The first kappa shape index (κ1) is 15.9. The lowest BCUT2D eigenvalue weighted by Crippen LogP contribution is -2.34. The highest BCUT2D eigenvalue weighted by atomic mass is 32.2. The fraction of sp³-hybridized carbons (Fsp3) is 0.583. The third-order valence-electron chi connectivity index (χ3n) is 2.45. The monoisotopic (exact) mass is 287 g/mol. The summed E-state index contributed by atoms with van der Waals surface area (Å²) in [7, 11) is -3.74. The molecule has 19 heavy (non-hydrogen) atoms. The lowest BCUT2D eigenvalue weighted by Gasteiger charge is -2.22. The largest absolute Gasteiger partial charge is 0.392 e. The van der Waals surface area contributed by atoms with E-state index in [2.05, 4.69) is 9.71 Å². The van der Waals surface area contributed by atoms with Gasteiger partial charge in [-0.05, 0) is 24.0 Å². The second kappa shape index (κ2) is 5.85. The summed E-state index contributed by atoms with van der Waals surface area (Å²) in [5, 5.41) is 9.79. The van der Waals surface area contributed by atoms with Crippen LogP contribution in [0.15, 0.2) is 23.2 Å². The van der Waals surface area contributed by atoms with Crippen molar-refractivity contribution < 1.29 is 13.5 Å². The molecule has 0 bridgehead atoms. The first-order valence-electron chi connectivity index (χ1n) is 6.00. The number of nitrogens with two attached hydrogens (primary N) is 1. The number of aliphatic hydroxyl groups is 1. The number of nitrogen functional groups attached to an aromatic ring is 1. The first-order valence-corrected chi connectivity index (χ1v) is 7.48. The summed E-state index contributed by atoms with van der Waals surface area (Å²) >= 11 is 0. The van der Waals surface area contributed by atoms with Crippen molar-refractivity contribution >= 4 is 15.8 Å². The van der Waals surface area contributed by atoms with Crippen LogP contribution in [-0.4, -0.2) is 31.2 Å². The van der Waals surface area contributed by atoms with Crippen LogP contribution < -0.4 is 10.5 Å². The third kappa shape index (κ3) is 5.14. The Morgan fingerprint density at radius 1 is 1.47 bits per heavy atom. The van der Waals surface area contributed by atoms with Crippen molar-refractivity contribution in [1.82, 2.24) is 9.71 Å². The number of aromatic nitrogens is 1. The van der Waals surface area contributed by atoms with Crippen LogP contribution in [-0.2, 0) is 10.0 Å². The van der Waals surface area contributed by atoms with Crippen molar-refractivity contribution in [1.29, 1.82) is 0 Å². The van der Waals surface area contributed by atoms with Crippen molar-refractivity contribution in [2.75, 3.05) is 12.3 Å². The Kier molecular flexibility index (Phi) is 4.89. The molecular weight excluding hydrogens is 266 g/mol. The smallest absolute Gasteiger partial charge is 0.244 e. The molecule has 0 fully saturated rings. The molecule has 0 aliphatic heterocycles. The van der Waals surface area contributed by atoms with Crippen LogP contribution in [0.3, 0.4) is 0 Å². The number of nitrogens with zero attached hydrogens (tertiary/aromatic N) is 1. The molecule has 0 spiro atoms. The summed E-state index contributed by atoms with van der Waals surface area (Å²) in [6.45, 7) is 5.88. The number of sulfonamides is 1. The zero-order chi connectivity index (χ0) is 14.7. The van der Waals surface area contributed by atoms with Crippen LogP contribution in [0.2, 0.25) is 0 Å². The number of hydrogen-bond donors (Lipinski definition) is 3. The minimum atomic E-state index is -3.74. The average molecular weight is 287 g/mol. The highest BCUT2D eigenvalue weighted by molar-refractivity contribution is 7.89. The molecule has 1 aromatic heterocycles. The van der Waals surface area contributed by atoms with Gasteiger partial charge in [0, 0.05) is 12.7 Å². The number of hydrogen-bond acceptors (Lipinski definition) is 5. The Morgan fingerprint density at radius 3 is 2.63 bits per heavy atom. The van der Waals surface area contributed by atoms with E-state index in [4.69, 9.17) is 5.73 Å². The van der Waals surface area contributed by atoms with Crippen molar-refractivity contribution in [3.05, 3.63) is 18.3 Å². The van der Waals surface area contributed by atoms with Gasteiger partial charge in [-0.25, -0.2) is 18.1 Å². The van der Waals surface area contributed by atoms with E-state index in [1.807, 2.05) is 20.8 Å². The van der Waals surface area contributed by atoms with Gasteiger partial charge in [-0.15, -0.1) is 0 Å². The van der Waals surface area contributed by atoms with E-state index in [0.717, 1.165) is 0 Å². The number of nitrogens with one attached hydrogen (secondary N) is 1. The first-order chi connectivity index (χ1) is 8.62. The van der Waals surface area contributed by atoms with E-state index in [1.165, 1.54) is 18.3 Å². The molecule has 108 valence electrons. The van der Waals surface area contributed by atoms with Gasteiger partial charge < -0.3 is 10.8 Å². The highest BCUT2D eigenvalue weighted by Gasteiger charge is 2.21. The molecule has 0 saturated heterocycles. The molecule has 7 heteroatoms. The van der Waals surface area contributed by atoms with Crippen molar-refractivity contribution in [2.45, 2.75) is 38.2 Å². The van der Waals surface area contributed by atoms with Crippen LogP contribution in [0.1, 0.15) is 27.2 Å². The second-order valence-electron chi connectivity index (χ2n) is 5.66. The predicted molar refractivity (Wildman–Crippen MR) is 73.9 cm³/mol. The molecule has 0 radical (unpaired) electrons. The molecule has 1 atom stereocenters. The topological polar surface area (TPSA) is 105 Å². The molecule has 0 aliphatic rings. The molecule has 6 nitrogen and oxygen atoms in total. The van der Waals surface area contributed by atoms with Gasteiger partial charge >= 0.3 is 0 Å². The van der Waals surface area contributed by atoms with E-state index in [-0.39, 0.29) is 22.7 Å². The summed E-state index contributed by atoms with van der Waals surface area (Å²) < 4.78 is 26.3. The van der Waals surface area contributed by atoms with Crippen molar-refractivity contribution in [2.24, 2.45) is 5.41 Å². The average Bonchev–Trinajstić information content (AvgIpc) is 2.24. The van der Waals surface area contributed by atoms with Gasteiger partial charge in [0.25, 0.3) is 0 Å². The molecule has 0 aliphatic carbocycles. The summed E-state index contributed by atoms with van der Waals surface area (Å²) in [6.07, 6.45) is 1.17. The number of pyridine rings is 1. The standard InChI is InChI=1S/C12H21N3O3S/c1-12(2,3)7-9(16)8-15-19(17,18)10-5-4-6-14-11(10)13/h4-6,9,15-16H,7-8H2,1-3H3,(H2,13,14). The predicted octanol–water partition coefficient (Wildman–Crippen LogP) is 0.739. The Balaban J connectivity index is 2.70. The van der Waals surface area contributed by atoms with Crippen molar-refractivity contribution in [3.63, 3.8) is 0 Å². The van der Waals surface area contributed by atoms with Crippen LogP contribution in [0, 0.1) is 5.41 Å². The van der Waals surface area contributed by atoms with E-state index in [1.54, 1.807) is 0 Å². The normalized spacial score (nSPS) is 14.3. The van der Waals surface area contributed by atoms with Gasteiger partial charge in [-0.1, -0.05) is 20.8 Å². The molecule has 0 saturated carbocycles. The summed E-state index contributed by atoms with van der Waals surface area (Å²) in [5.41, 5.74) is 5.45. The van der Waals surface area contributed by atoms with Gasteiger partial charge in [0.05, 0.1) is 6.10 Å². The molecule has 0 aromatic carbocycles. The van der Waals surface area contributed by atoms with Gasteiger partial charge in [0.1, 0.15) is 10.7 Å².